The third-order valence-corrected chi connectivity index (χ3v) is 26.3. The van der Waals surface area contributed by atoms with Gasteiger partial charge in [-0.15, -0.1) is 0 Å². The van der Waals surface area contributed by atoms with Crippen LogP contribution in [0.4, 0.5) is 0 Å². The summed E-state index contributed by atoms with van der Waals surface area (Å²) in [7, 11) is -9.04. The molecule has 25 heavy (non-hydrogen) atoms. The summed E-state index contributed by atoms with van der Waals surface area (Å²) in [6, 6.07) is 7.94. The summed E-state index contributed by atoms with van der Waals surface area (Å²) in [5.41, 5.74) is 0. The largest absolute Gasteiger partial charge is 0.415 e. The molecule has 0 amide bonds. The summed E-state index contributed by atoms with van der Waals surface area (Å²) in [5, 5.41) is 0. The van der Waals surface area contributed by atoms with E-state index in [0.717, 1.165) is 48.4 Å². The van der Waals surface area contributed by atoms with Gasteiger partial charge in [-0.2, -0.15) is 0 Å². The molecule has 145 valence electrons. The Morgan fingerprint density at radius 1 is 0.360 bits per heavy atom. The molecule has 0 aliphatic carbocycles. The van der Waals surface area contributed by atoms with Crippen LogP contribution < -0.4 is 0 Å². The molecule has 0 saturated carbocycles. The summed E-state index contributed by atoms with van der Waals surface area (Å²) in [4.78, 5) is 0. The molecule has 0 spiro atoms. The number of hydrogen-bond acceptors (Lipinski definition) is 4. The molecule has 0 atom stereocenters. The number of hydrogen-bond donors (Lipinski definition) is 0. The van der Waals surface area contributed by atoms with Gasteiger partial charge in [0.2, 0.25) is 0 Å². The maximum absolute atomic E-state index is 7.00. The van der Waals surface area contributed by atoms with Gasteiger partial charge < -0.3 is 16.5 Å². The van der Waals surface area contributed by atoms with Crippen LogP contribution in [0.25, 0.3) is 0 Å². The van der Waals surface area contributed by atoms with Crippen molar-refractivity contribution in [3.05, 3.63) is 0 Å². The monoisotopic (exact) mass is 431 g/mol. The Balaban J connectivity index is 0.00000576. The van der Waals surface area contributed by atoms with Crippen molar-refractivity contribution in [2.24, 2.45) is 0 Å². The molecule has 0 unspecified atom stereocenters. The van der Waals surface area contributed by atoms with Crippen molar-refractivity contribution >= 4 is 63.8 Å². The van der Waals surface area contributed by atoms with Crippen molar-refractivity contribution in [2.75, 3.05) is 0 Å². The van der Waals surface area contributed by atoms with Crippen LogP contribution in [0.3, 0.4) is 0 Å². The van der Waals surface area contributed by atoms with Gasteiger partial charge in [-0.1, -0.05) is 55.4 Å². The molecule has 1 aliphatic rings. The summed E-state index contributed by atoms with van der Waals surface area (Å²) < 4.78 is 28.0. The van der Waals surface area contributed by atoms with Gasteiger partial charge in [0.05, 0.1) is 0 Å². The first-order chi connectivity index (χ1) is 11.3. The van der Waals surface area contributed by atoms with E-state index in [0.29, 0.717) is 0 Å². The summed E-state index contributed by atoms with van der Waals surface area (Å²) in [6.45, 7) is 17.9. The zero-order chi connectivity index (χ0) is 18.5. The maximum atomic E-state index is 7.00. The molecule has 4 nitrogen and oxygen atoms in total. The molecule has 1 radical (unpaired) electrons. The fraction of sp³-hybridized carbons (Fsp3) is 1.00. The average Bonchev–Trinajstić information content (AvgIpc) is 2.63. The van der Waals surface area contributed by atoms with Gasteiger partial charge in [-0.05, 0) is 48.4 Å². The van der Waals surface area contributed by atoms with Gasteiger partial charge in [-0.25, -0.2) is 0 Å². The molecule has 1 saturated heterocycles. The molecule has 0 aromatic rings. The molecule has 0 bridgehead atoms. The Bertz CT molecular complexity index is 296. The third kappa shape index (κ3) is 5.85. The zero-order valence-electron chi connectivity index (χ0n) is 18.3. The SMILES string of the molecule is CC[Si]1(CC)O[Si](CC)(CC)O[Si](CC)(CC)O[Si](CC)(CC)O1.[Na]. The summed E-state index contributed by atoms with van der Waals surface area (Å²) >= 11 is 0. The van der Waals surface area contributed by atoms with Gasteiger partial charge >= 0.3 is 34.2 Å². The quantitative estimate of drug-likeness (QED) is 0.468. The molecular weight excluding hydrogens is 392 g/mol. The van der Waals surface area contributed by atoms with Crippen LogP contribution in [0.5, 0.6) is 0 Å². The standard InChI is InChI=1S/C16H40O4Si4.Na/c1-9-21(10-2)17-22(11-3,12-4)19-24(15-7,16-8)20-23(13-5,14-6)18-21;/h9-16H2,1-8H3;. The minimum atomic E-state index is -2.26. The minimum Gasteiger partial charge on any atom is -0.415 e. The number of rotatable bonds is 8. The van der Waals surface area contributed by atoms with Crippen molar-refractivity contribution in [3.8, 4) is 0 Å². The van der Waals surface area contributed by atoms with Crippen LogP contribution in [0.2, 0.25) is 48.4 Å². The Kier molecular flexibility index (Phi) is 11.8. The summed E-state index contributed by atoms with van der Waals surface area (Å²) in [6.07, 6.45) is 0. The summed E-state index contributed by atoms with van der Waals surface area (Å²) in [5.74, 6) is 0. The van der Waals surface area contributed by atoms with Crippen molar-refractivity contribution in [1.82, 2.24) is 0 Å². The second-order valence-corrected chi connectivity index (χ2v) is 23.1. The van der Waals surface area contributed by atoms with E-state index in [1.54, 1.807) is 0 Å². The van der Waals surface area contributed by atoms with Gasteiger partial charge in [0.15, 0.2) is 0 Å². The van der Waals surface area contributed by atoms with E-state index >= 15 is 0 Å². The first-order valence-electron chi connectivity index (χ1n) is 10.1. The normalized spacial score (nSPS) is 24.0. The topological polar surface area (TPSA) is 36.9 Å². The smallest absolute Gasteiger partial charge is 0.320 e. The van der Waals surface area contributed by atoms with Crippen molar-refractivity contribution in [2.45, 2.75) is 104 Å². The van der Waals surface area contributed by atoms with E-state index in [1.807, 2.05) is 0 Å². The van der Waals surface area contributed by atoms with E-state index < -0.39 is 34.2 Å². The Morgan fingerprint density at radius 2 is 0.480 bits per heavy atom. The van der Waals surface area contributed by atoms with E-state index in [9.17, 15) is 0 Å². The second kappa shape index (κ2) is 11.0. The van der Waals surface area contributed by atoms with Gasteiger partial charge in [0.1, 0.15) is 0 Å². The third-order valence-electron chi connectivity index (χ3n) is 5.80. The Labute approximate surface area is 183 Å². The van der Waals surface area contributed by atoms with E-state index in [2.05, 4.69) is 55.4 Å². The van der Waals surface area contributed by atoms with Crippen molar-refractivity contribution in [3.63, 3.8) is 0 Å². The van der Waals surface area contributed by atoms with Crippen LogP contribution in [0.15, 0.2) is 0 Å². The van der Waals surface area contributed by atoms with Crippen LogP contribution in [-0.4, -0.2) is 63.8 Å². The molecule has 0 N–H and O–H groups in total. The van der Waals surface area contributed by atoms with Crippen LogP contribution in [-0.2, 0) is 16.5 Å². The average molecular weight is 432 g/mol. The second-order valence-electron chi connectivity index (χ2n) is 6.88. The molecule has 1 aliphatic heterocycles. The molecule has 1 fully saturated rings. The van der Waals surface area contributed by atoms with Gasteiger partial charge in [-0.3, -0.25) is 0 Å². The zero-order valence-corrected chi connectivity index (χ0v) is 24.3. The van der Waals surface area contributed by atoms with Gasteiger partial charge in [0.25, 0.3) is 0 Å². The Hall–Kier alpha value is 1.71. The fourth-order valence-corrected chi connectivity index (χ4v) is 27.8. The van der Waals surface area contributed by atoms with Crippen LogP contribution in [0, 0.1) is 0 Å². The molecule has 0 aromatic carbocycles. The van der Waals surface area contributed by atoms with Crippen molar-refractivity contribution in [1.29, 1.82) is 0 Å². The van der Waals surface area contributed by atoms with Crippen LogP contribution in [0.1, 0.15) is 55.4 Å². The van der Waals surface area contributed by atoms with Crippen LogP contribution >= 0.6 is 0 Å². The van der Waals surface area contributed by atoms with E-state index in [1.165, 1.54) is 0 Å². The first-order valence-corrected chi connectivity index (χ1v) is 19.0. The predicted molar refractivity (Wildman–Crippen MR) is 117 cm³/mol. The first kappa shape index (κ1) is 26.7. The Morgan fingerprint density at radius 3 is 0.560 bits per heavy atom. The van der Waals surface area contributed by atoms with Gasteiger partial charge in [0, 0.05) is 29.6 Å². The molecule has 0 aromatic heterocycles. The molecule has 9 heteroatoms. The maximum Gasteiger partial charge on any atom is 0.320 e. The fourth-order valence-electron chi connectivity index (χ4n) is 3.59. The molecular formula is C16H40NaO4Si4. The van der Waals surface area contributed by atoms with Crippen molar-refractivity contribution < 1.29 is 16.5 Å². The molecule has 1 heterocycles. The molecule has 1 rings (SSSR count). The van der Waals surface area contributed by atoms with E-state index in [-0.39, 0.29) is 29.6 Å². The predicted octanol–water partition coefficient (Wildman–Crippen LogP) is 5.61. The van der Waals surface area contributed by atoms with E-state index in [4.69, 9.17) is 16.5 Å². The minimum absolute atomic E-state index is 0.